The van der Waals surface area contributed by atoms with E-state index in [4.69, 9.17) is 14.0 Å². The number of aromatic nitrogens is 1. The highest BCUT2D eigenvalue weighted by molar-refractivity contribution is 5.99. The minimum Gasteiger partial charge on any atom is -0.490 e. The van der Waals surface area contributed by atoms with Crippen LogP contribution >= 0.6 is 0 Å². The van der Waals surface area contributed by atoms with Crippen molar-refractivity contribution < 1.29 is 33.5 Å². The third kappa shape index (κ3) is 10.1. The number of amides is 5. The van der Waals surface area contributed by atoms with Gasteiger partial charge in [0.15, 0.2) is 5.76 Å². The fourth-order valence-electron chi connectivity index (χ4n) is 6.28. The van der Waals surface area contributed by atoms with Gasteiger partial charge in [-0.25, -0.2) is 9.59 Å². The van der Waals surface area contributed by atoms with Crippen LogP contribution in [0.5, 0.6) is 5.75 Å². The molecule has 1 aromatic carbocycles. The number of hydrogen-bond donors (Lipinski definition) is 4. The Balaban J connectivity index is 1.56. The Labute approximate surface area is 284 Å². The number of rotatable bonds is 7. The van der Waals surface area contributed by atoms with Crippen molar-refractivity contribution in [1.29, 1.82) is 0 Å². The zero-order valence-electron chi connectivity index (χ0n) is 29.3. The SMILES string of the molecule is Cc1noc(C)c1NC(=O)N(C)C[C@H]1OCCCC[C@@H](C)Oc2ccc(NC(=O)NC3CCCCC3)cc2C(=O)N([C@H](C)CO)C[C@@H]1C. The lowest BCUT2D eigenvalue weighted by atomic mass is 9.96. The predicted octanol–water partition coefficient (Wildman–Crippen LogP) is 5.71. The fraction of sp³-hybridized carbons (Fsp3) is 0.657. The van der Waals surface area contributed by atoms with E-state index in [2.05, 4.69) is 21.1 Å². The van der Waals surface area contributed by atoms with E-state index in [0.717, 1.165) is 44.9 Å². The van der Waals surface area contributed by atoms with E-state index in [1.165, 1.54) is 6.42 Å². The van der Waals surface area contributed by atoms with E-state index >= 15 is 0 Å². The van der Waals surface area contributed by atoms with Crippen molar-refractivity contribution in [3.63, 3.8) is 0 Å². The van der Waals surface area contributed by atoms with Crippen molar-refractivity contribution in [2.45, 2.75) is 110 Å². The molecule has 4 N–H and O–H groups in total. The Kier molecular flexibility index (Phi) is 13.5. The first-order valence-corrected chi connectivity index (χ1v) is 17.3. The molecule has 4 atom stereocenters. The summed E-state index contributed by atoms with van der Waals surface area (Å²) in [5.74, 6) is 0.396. The van der Waals surface area contributed by atoms with Gasteiger partial charge in [0, 0.05) is 44.4 Å². The van der Waals surface area contributed by atoms with Gasteiger partial charge in [0.2, 0.25) is 0 Å². The van der Waals surface area contributed by atoms with Crippen LogP contribution in [0.15, 0.2) is 22.7 Å². The van der Waals surface area contributed by atoms with Gasteiger partial charge in [0.25, 0.3) is 5.91 Å². The third-order valence-corrected chi connectivity index (χ3v) is 9.32. The van der Waals surface area contributed by atoms with Crippen molar-refractivity contribution in [3.05, 3.63) is 35.2 Å². The average Bonchev–Trinajstić information content (AvgIpc) is 3.38. The number of ether oxygens (including phenoxy) is 2. The number of nitrogens with one attached hydrogen (secondary N) is 3. The maximum Gasteiger partial charge on any atom is 0.321 e. The molecule has 0 saturated heterocycles. The smallest absolute Gasteiger partial charge is 0.321 e. The van der Waals surface area contributed by atoms with Crippen LogP contribution in [0.4, 0.5) is 21.0 Å². The summed E-state index contributed by atoms with van der Waals surface area (Å²) < 4.78 is 17.9. The van der Waals surface area contributed by atoms with E-state index in [1.54, 1.807) is 55.8 Å². The highest BCUT2D eigenvalue weighted by atomic mass is 16.5. The molecule has 266 valence electrons. The van der Waals surface area contributed by atoms with Crippen LogP contribution < -0.4 is 20.7 Å². The standard InChI is InChI=1S/C35H54N6O7/c1-22-19-41(23(2)21-42)33(43)29-18-28(37-34(44)36-27-13-8-7-9-14-27)15-16-30(29)47-24(3)12-10-11-17-46-31(22)20-40(6)35(45)38-32-25(4)39-48-26(32)5/h15-16,18,22-24,27,31,42H,7-14,17,19-21H2,1-6H3,(H,38,45)(H2,36,37,44)/t22-,23+,24+,31+/m0/s1. The number of carbonyl (C=O) groups is 3. The normalized spacial score (nSPS) is 22.1. The molecule has 1 aromatic heterocycles. The van der Waals surface area contributed by atoms with Gasteiger partial charge in [0.05, 0.1) is 30.4 Å². The van der Waals surface area contributed by atoms with E-state index in [9.17, 15) is 19.5 Å². The van der Waals surface area contributed by atoms with E-state index in [1.807, 2.05) is 13.8 Å². The third-order valence-electron chi connectivity index (χ3n) is 9.32. The topological polar surface area (TPSA) is 158 Å². The molecule has 13 nitrogen and oxygen atoms in total. The molecule has 1 saturated carbocycles. The minimum absolute atomic E-state index is 0.139. The number of nitrogens with zero attached hydrogens (tertiary/aromatic N) is 3. The average molecular weight is 671 g/mol. The van der Waals surface area contributed by atoms with Crippen LogP contribution in [0.2, 0.25) is 0 Å². The second-order valence-corrected chi connectivity index (χ2v) is 13.5. The number of benzene rings is 1. The monoisotopic (exact) mass is 670 g/mol. The van der Waals surface area contributed by atoms with Crippen LogP contribution in [0.25, 0.3) is 0 Å². The van der Waals surface area contributed by atoms with Crippen LogP contribution in [-0.2, 0) is 4.74 Å². The molecule has 1 fully saturated rings. The van der Waals surface area contributed by atoms with Gasteiger partial charge in [-0.3, -0.25) is 4.79 Å². The Morgan fingerprint density at radius 1 is 1.08 bits per heavy atom. The highest BCUT2D eigenvalue weighted by Crippen LogP contribution is 2.29. The number of hydrogen-bond acceptors (Lipinski definition) is 8. The molecular formula is C35H54N6O7. The fourth-order valence-corrected chi connectivity index (χ4v) is 6.28. The van der Waals surface area contributed by atoms with Crippen molar-refractivity contribution in [2.75, 3.05) is 44.0 Å². The molecule has 5 amide bonds. The molecule has 1 aliphatic carbocycles. The van der Waals surface area contributed by atoms with Crippen LogP contribution in [-0.4, -0.2) is 95.7 Å². The molecule has 1 aliphatic heterocycles. The highest BCUT2D eigenvalue weighted by Gasteiger charge is 2.31. The summed E-state index contributed by atoms with van der Waals surface area (Å²) in [5, 5.41) is 23.0. The first kappa shape index (κ1) is 37.0. The number of aryl methyl sites for hydroxylation is 2. The molecule has 4 rings (SSSR count). The Morgan fingerprint density at radius 2 is 1.81 bits per heavy atom. The predicted molar refractivity (Wildman–Crippen MR) is 184 cm³/mol. The maximum atomic E-state index is 14.4. The summed E-state index contributed by atoms with van der Waals surface area (Å²) in [6.07, 6.45) is 7.12. The lowest BCUT2D eigenvalue weighted by Crippen LogP contribution is -2.48. The zero-order valence-corrected chi connectivity index (χ0v) is 29.3. The van der Waals surface area contributed by atoms with Crippen LogP contribution in [0.3, 0.4) is 0 Å². The summed E-state index contributed by atoms with van der Waals surface area (Å²) in [5.41, 5.74) is 1.90. The van der Waals surface area contributed by atoms with Gasteiger partial charge in [0.1, 0.15) is 17.1 Å². The van der Waals surface area contributed by atoms with Gasteiger partial charge in [-0.2, -0.15) is 0 Å². The molecule has 0 unspecified atom stereocenters. The Morgan fingerprint density at radius 3 is 2.50 bits per heavy atom. The molecule has 2 heterocycles. The van der Waals surface area contributed by atoms with Gasteiger partial charge in [-0.05, 0) is 78.0 Å². The number of likely N-dealkylation sites (N-methyl/N-ethyl adjacent to an activating group) is 1. The lowest BCUT2D eigenvalue weighted by Gasteiger charge is -2.35. The van der Waals surface area contributed by atoms with Gasteiger partial charge in [-0.15, -0.1) is 0 Å². The largest absolute Gasteiger partial charge is 0.490 e. The molecule has 48 heavy (non-hydrogen) atoms. The molecular weight excluding hydrogens is 616 g/mol. The summed E-state index contributed by atoms with van der Waals surface area (Å²) in [7, 11) is 1.70. The molecule has 13 heteroatoms. The van der Waals surface area contributed by atoms with Crippen LogP contribution in [0, 0.1) is 19.8 Å². The molecule has 0 bridgehead atoms. The van der Waals surface area contributed by atoms with Crippen molar-refractivity contribution in [2.24, 2.45) is 5.92 Å². The molecule has 2 aliphatic rings. The summed E-state index contributed by atoms with van der Waals surface area (Å²) in [6, 6.07) is 4.11. The second-order valence-electron chi connectivity index (χ2n) is 13.5. The number of aliphatic hydroxyl groups is 1. The van der Waals surface area contributed by atoms with Gasteiger partial charge in [-0.1, -0.05) is 31.3 Å². The summed E-state index contributed by atoms with van der Waals surface area (Å²) in [4.78, 5) is 43.6. The summed E-state index contributed by atoms with van der Waals surface area (Å²) in [6.45, 7) is 9.99. The zero-order chi connectivity index (χ0) is 34.8. The van der Waals surface area contributed by atoms with Gasteiger partial charge < -0.3 is 44.9 Å². The first-order chi connectivity index (χ1) is 23.0. The lowest BCUT2D eigenvalue weighted by molar-refractivity contribution is -0.0115. The number of anilines is 2. The van der Waals surface area contributed by atoms with Gasteiger partial charge >= 0.3 is 12.1 Å². The number of aliphatic hydroxyl groups excluding tert-OH is 1. The first-order valence-electron chi connectivity index (χ1n) is 17.3. The van der Waals surface area contributed by atoms with E-state index in [-0.39, 0.29) is 55.7 Å². The quantitative estimate of drug-likeness (QED) is 0.292. The molecule has 0 spiro atoms. The maximum absolute atomic E-state index is 14.4. The molecule has 0 radical (unpaired) electrons. The number of carbonyl (C=O) groups excluding carboxylic acids is 3. The molecule has 2 aromatic rings. The van der Waals surface area contributed by atoms with Crippen molar-refractivity contribution in [1.82, 2.24) is 20.3 Å². The Bertz CT molecular complexity index is 1360. The number of urea groups is 2. The van der Waals surface area contributed by atoms with E-state index in [0.29, 0.717) is 40.7 Å². The summed E-state index contributed by atoms with van der Waals surface area (Å²) >= 11 is 0. The Hall–Kier alpha value is -3.84. The minimum atomic E-state index is -0.523. The number of fused-ring (bicyclic) bond motifs is 1. The van der Waals surface area contributed by atoms with Crippen molar-refractivity contribution >= 4 is 29.3 Å². The second kappa shape index (κ2) is 17.5. The van der Waals surface area contributed by atoms with Crippen molar-refractivity contribution in [3.8, 4) is 5.75 Å². The van der Waals surface area contributed by atoms with E-state index < -0.39 is 12.1 Å². The van der Waals surface area contributed by atoms with Crippen LogP contribution in [0.1, 0.15) is 93.9 Å².